The van der Waals surface area contributed by atoms with Crippen LogP contribution in [0.5, 0.6) is 0 Å². The first-order valence-electron chi connectivity index (χ1n) is 4.89. The van der Waals surface area contributed by atoms with Crippen LogP contribution < -0.4 is 5.73 Å². The second-order valence-corrected chi connectivity index (χ2v) is 4.73. The van der Waals surface area contributed by atoms with E-state index in [1.165, 1.54) is 5.75 Å². The van der Waals surface area contributed by atoms with Crippen LogP contribution in [0.3, 0.4) is 0 Å². The molecule has 0 saturated carbocycles. The van der Waals surface area contributed by atoms with Gasteiger partial charge in [-0.15, -0.1) is 0 Å². The van der Waals surface area contributed by atoms with Gasteiger partial charge in [0.05, 0.1) is 12.0 Å². The maximum absolute atomic E-state index is 5.84. The third-order valence-electron chi connectivity index (χ3n) is 2.17. The molecule has 2 N–H and O–H groups in total. The summed E-state index contributed by atoms with van der Waals surface area (Å²) in [7, 11) is 0. The average Bonchev–Trinajstić information content (AvgIpc) is 2.52. The van der Waals surface area contributed by atoms with Crippen LogP contribution in [0.2, 0.25) is 0 Å². The summed E-state index contributed by atoms with van der Waals surface area (Å²) in [5, 5.41) is 0. The van der Waals surface area contributed by atoms with Crippen molar-refractivity contribution in [2.24, 2.45) is 11.7 Å². The van der Waals surface area contributed by atoms with Crippen molar-refractivity contribution in [1.82, 2.24) is 9.55 Å². The van der Waals surface area contributed by atoms with Gasteiger partial charge in [-0.05, 0) is 24.9 Å². The molecule has 1 aromatic heterocycles. The van der Waals surface area contributed by atoms with Crippen LogP contribution in [-0.4, -0.2) is 21.6 Å². The molecule has 0 aliphatic heterocycles. The average molecular weight is 213 g/mol. The van der Waals surface area contributed by atoms with Crippen molar-refractivity contribution in [3.8, 4) is 0 Å². The highest BCUT2D eigenvalue weighted by Crippen LogP contribution is 2.13. The molecule has 2 atom stereocenters. The van der Waals surface area contributed by atoms with Crippen molar-refractivity contribution in [3.63, 3.8) is 0 Å². The Morgan fingerprint density at radius 1 is 1.57 bits per heavy atom. The van der Waals surface area contributed by atoms with Gasteiger partial charge in [0.25, 0.3) is 0 Å². The molecule has 0 amide bonds. The maximum atomic E-state index is 5.84. The van der Waals surface area contributed by atoms with E-state index in [9.17, 15) is 0 Å². The normalized spacial score (nSPS) is 15.4. The fourth-order valence-corrected chi connectivity index (χ4v) is 2.21. The van der Waals surface area contributed by atoms with Crippen LogP contribution >= 0.6 is 11.8 Å². The van der Waals surface area contributed by atoms with E-state index in [2.05, 4.69) is 22.7 Å². The van der Waals surface area contributed by atoms with Crippen LogP contribution in [0.4, 0.5) is 0 Å². The number of imidazole rings is 1. The molecule has 0 fully saturated rings. The summed E-state index contributed by atoms with van der Waals surface area (Å²) < 4.78 is 2.16. The lowest BCUT2D eigenvalue weighted by Crippen LogP contribution is -2.16. The Labute approximate surface area is 90.1 Å². The standard InChI is InChI=1S/C10H19N3S/c1-8(6-14-3)5-13-7-12-4-10(13)9(2)11/h4,7-9H,5-6,11H2,1-3H3/t8?,9-/m0/s1. The summed E-state index contributed by atoms with van der Waals surface area (Å²) in [5.74, 6) is 1.84. The molecule has 14 heavy (non-hydrogen) atoms. The zero-order chi connectivity index (χ0) is 10.6. The molecule has 1 heterocycles. The van der Waals surface area contributed by atoms with E-state index in [0.717, 1.165) is 12.2 Å². The lowest BCUT2D eigenvalue weighted by atomic mass is 10.2. The van der Waals surface area contributed by atoms with Gasteiger partial charge in [-0.25, -0.2) is 4.98 Å². The molecule has 0 bridgehead atoms. The highest BCUT2D eigenvalue weighted by Gasteiger charge is 2.09. The minimum atomic E-state index is 0.0685. The second-order valence-electron chi connectivity index (χ2n) is 3.82. The molecule has 3 nitrogen and oxygen atoms in total. The maximum Gasteiger partial charge on any atom is 0.0948 e. The molecular weight excluding hydrogens is 194 g/mol. The molecule has 1 aromatic rings. The number of nitrogens with two attached hydrogens (primary N) is 1. The summed E-state index contributed by atoms with van der Waals surface area (Å²) in [6.07, 6.45) is 5.86. The molecule has 0 aliphatic rings. The highest BCUT2D eigenvalue weighted by molar-refractivity contribution is 7.98. The summed E-state index contributed by atoms with van der Waals surface area (Å²) in [5.41, 5.74) is 6.97. The van der Waals surface area contributed by atoms with Gasteiger partial charge < -0.3 is 10.3 Å². The van der Waals surface area contributed by atoms with Crippen LogP contribution in [0.15, 0.2) is 12.5 Å². The van der Waals surface area contributed by atoms with Crippen molar-refractivity contribution in [3.05, 3.63) is 18.2 Å². The predicted octanol–water partition coefficient (Wildman–Crippen LogP) is 1.90. The second kappa shape index (κ2) is 5.41. The van der Waals surface area contributed by atoms with Crippen LogP contribution in [-0.2, 0) is 6.54 Å². The fourth-order valence-electron chi connectivity index (χ4n) is 1.54. The Morgan fingerprint density at radius 2 is 2.29 bits per heavy atom. The Hall–Kier alpha value is -0.480. The number of aromatic nitrogens is 2. The number of rotatable bonds is 5. The van der Waals surface area contributed by atoms with Crippen molar-refractivity contribution in [1.29, 1.82) is 0 Å². The molecule has 1 unspecified atom stereocenters. The number of nitrogens with zero attached hydrogens (tertiary/aromatic N) is 2. The van der Waals surface area contributed by atoms with Gasteiger partial charge in [-0.1, -0.05) is 6.92 Å². The molecule has 4 heteroatoms. The summed E-state index contributed by atoms with van der Waals surface area (Å²) in [6, 6.07) is 0.0685. The summed E-state index contributed by atoms with van der Waals surface area (Å²) >= 11 is 1.88. The van der Waals surface area contributed by atoms with E-state index in [4.69, 9.17) is 5.73 Å². The third kappa shape index (κ3) is 3.03. The minimum absolute atomic E-state index is 0.0685. The van der Waals surface area contributed by atoms with Gasteiger partial charge in [0, 0.05) is 18.8 Å². The molecule has 1 rings (SSSR count). The smallest absolute Gasteiger partial charge is 0.0948 e. The number of hydrogen-bond acceptors (Lipinski definition) is 3. The van der Waals surface area contributed by atoms with Gasteiger partial charge in [-0.3, -0.25) is 0 Å². The molecule has 0 spiro atoms. The first-order valence-corrected chi connectivity index (χ1v) is 6.29. The Kier molecular flexibility index (Phi) is 4.48. The first kappa shape index (κ1) is 11.6. The van der Waals surface area contributed by atoms with Crippen molar-refractivity contribution >= 4 is 11.8 Å². The van der Waals surface area contributed by atoms with Crippen LogP contribution in [0.1, 0.15) is 25.6 Å². The lowest BCUT2D eigenvalue weighted by Gasteiger charge is -2.15. The van der Waals surface area contributed by atoms with E-state index in [1.807, 2.05) is 31.2 Å². The predicted molar refractivity (Wildman–Crippen MR) is 62.4 cm³/mol. The molecule has 0 radical (unpaired) electrons. The first-order chi connectivity index (χ1) is 6.65. The van der Waals surface area contributed by atoms with Crippen molar-refractivity contribution in [2.75, 3.05) is 12.0 Å². The monoisotopic (exact) mass is 213 g/mol. The van der Waals surface area contributed by atoms with Gasteiger partial charge in [0.2, 0.25) is 0 Å². The van der Waals surface area contributed by atoms with Crippen molar-refractivity contribution in [2.45, 2.75) is 26.4 Å². The zero-order valence-corrected chi connectivity index (χ0v) is 9.92. The van der Waals surface area contributed by atoms with Crippen LogP contribution in [0.25, 0.3) is 0 Å². The Bertz CT molecular complexity index is 270. The Morgan fingerprint density at radius 3 is 2.86 bits per heavy atom. The zero-order valence-electron chi connectivity index (χ0n) is 9.10. The van der Waals surface area contributed by atoms with Crippen molar-refractivity contribution < 1.29 is 0 Å². The van der Waals surface area contributed by atoms with E-state index in [1.54, 1.807) is 0 Å². The van der Waals surface area contributed by atoms with Crippen LogP contribution in [0, 0.1) is 5.92 Å². The molecular formula is C10H19N3S. The van der Waals surface area contributed by atoms with E-state index in [-0.39, 0.29) is 6.04 Å². The molecule has 0 aliphatic carbocycles. The topological polar surface area (TPSA) is 43.8 Å². The van der Waals surface area contributed by atoms with Gasteiger partial charge in [0.15, 0.2) is 0 Å². The van der Waals surface area contributed by atoms with Gasteiger partial charge in [0.1, 0.15) is 0 Å². The Balaban J connectivity index is 2.61. The summed E-state index contributed by atoms with van der Waals surface area (Å²) in [6.45, 7) is 5.26. The molecule has 0 aromatic carbocycles. The van der Waals surface area contributed by atoms with E-state index >= 15 is 0 Å². The third-order valence-corrected chi connectivity index (χ3v) is 3.07. The largest absolute Gasteiger partial charge is 0.333 e. The quantitative estimate of drug-likeness (QED) is 0.812. The van der Waals surface area contributed by atoms with Gasteiger partial charge >= 0.3 is 0 Å². The van der Waals surface area contributed by atoms with Gasteiger partial charge in [-0.2, -0.15) is 11.8 Å². The minimum Gasteiger partial charge on any atom is -0.333 e. The molecule has 0 saturated heterocycles. The fraction of sp³-hybridized carbons (Fsp3) is 0.700. The number of thioether (sulfide) groups is 1. The highest BCUT2D eigenvalue weighted by atomic mass is 32.2. The number of hydrogen-bond donors (Lipinski definition) is 1. The molecule has 80 valence electrons. The lowest BCUT2D eigenvalue weighted by molar-refractivity contribution is 0.506. The van der Waals surface area contributed by atoms with E-state index in [0.29, 0.717) is 5.92 Å². The summed E-state index contributed by atoms with van der Waals surface area (Å²) in [4.78, 5) is 4.13. The SMILES string of the molecule is CSCC(C)Cn1cncc1[C@H](C)N. The van der Waals surface area contributed by atoms with E-state index < -0.39 is 0 Å².